The quantitative estimate of drug-likeness (QED) is 0.724. The molecule has 0 aromatic rings. The summed E-state index contributed by atoms with van der Waals surface area (Å²) in [5, 5.41) is 10.7. The molecule has 0 spiro atoms. The van der Waals surface area contributed by atoms with E-state index in [9.17, 15) is 5.11 Å². The molecule has 0 amide bonds. The van der Waals surface area contributed by atoms with Crippen LogP contribution in [0.15, 0.2) is 0 Å². The summed E-state index contributed by atoms with van der Waals surface area (Å²) in [5.74, 6) is 3.01. The molecular weight excluding hydrogens is 206 g/mol. The summed E-state index contributed by atoms with van der Waals surface area (Å²) >= 11 is 1.97. The second-order valence-corrected chi connectivity index (χ2v) is 6.71. The summed E-state index contributed by atoms with van der Waals surface area (Å²) in [6.45, 7) is 2.28. The highest BCUT2D eigenvalue weighted by Crippen LogP contribution is 2.43. The molecule has 2 aliphatic rings. The lowest BCUT2D eigenvalue weighted by Gasteiger charge is -2.50. The SMILES string of the molecule is CC1CCC(O)(C2(N)CCSCC2)CC1. The predicted octanol–water partition coefficient (Wildman–Crippen LogP) is 2.15. The predicted molar refractivity (Wildman–Crippen MR) is 66.1 cm³/mol. The summed E-state index contributed by atoms with van der Waals surface area (Å²) < 4.78 is 0. The fourth-order valence-electron chi connectivity index (χ4n) is 2.94. The van der Waals surface area contributed by atoms with Gasteiger partial charge in [0.2, 0.25) is 0 Å². The maximum Gasteiger partial charge on any atom is 0.0827 e. The summed E-state index contributed by atoms with van der Waals surface area (Å²) in [5.41, 5.74) is 5.59. The molecular formula is C12H23NOS. The van der Waals surface area contributed by atoms with Gasteiger partial charge in [0.15, 0.2) is 0 Å². The first-order chi connectivity index (χ1) is 7.06. The maximum absolute atomic E-state index is 10.7. The summed E-state index contributed by atoms with van der Waals surface area (Å²) in [4.78, 5) is 0. The standard InChI is InChI=1S/C12H23NOS/c1-10-2-4-12(14,5-3-10)11(13)6-8-15-9-7-11/h10,14H,2-9,13H2,1H3. The van der Waals surface area contributed by atoms with Crippen molar-refractivity contribution in [1.82, 2.24) is 0 Å². The normalized spacial score (nSPS) is 41.4. The van der Waals surface area contributed by atoms with Crippen molar-refractivity contribution in [2.75, 3.05) is 11.5 Å². The van der Waals surface area contributed by atoms with Crippen LogP contribution < -0.4 is 5.73 Å². The lowest BCUT2D eigenvalue weighted by molar-refractivity contribution is -0.0755. The van der Waals surface area contributed by atoms with Crippen LogP contribution in [0.25, 0.3) is 0 Å². The van der Waals surface area contributed by atoms with E-state index in [-0.39, 0.29) is 5.54 Å². The molecule has 3 heteroatoms. The lowest BCUT2D eigenvalue weighted by Crippen LogP contribution is -2.63. The van der Waals surface area contributed by atoms with Gasteiger partial charge in [0.25, 0.3) is 0 Å². The first-order valence-electron chi connectivity index (χ1n) is 6.15. The van der Waals surface area contributed by atoms with E-state index in [0.29, 0.717) is 0 Å². The molecule has 2 fully saturated rings. The van der Waals surface area contributed by atoms with E-state index >= 15 is 0 Å². The third-order valence-electron chi connectivity index (χ3n) is 4.41. The number of rotatable bonds is 1. The molecule has 3 N–H and O–H groups in total. The second-order valence-electron chi connectivity index (χ2n) is 5.48. The Balaban J connectivity index is 2.06. The first kappa shape index (κ1) is 11.7. The Morgan fingerprint density at radius 2 is 1.67 bits per heavy atom. The van der Waals surface area contributed by atoms with Crippen LogP contribution in [-0.2, 0) is 0 Å². The van der Waals surface area contributed by atoms with E-state index < -0.39 is 5.60 Å². The Morgan fingerprint density at radius 1 is 1.13 bits per heavy atom. The Bertz CT molecular complexity index is 218. The minimum absolute atomic E-state index is 0.293. The van der Waals surface area contributed by atoms with Gasteiger partial charge in [0.1, 0.15) is 0 Å². The van der Waals surface area contributed by atoms with Crippen molar-refractivity contribution >= 4 is 11.8 Å². The average molecular weight is 229 g/mol. The van der Waals surface area contributed by atoms with Gasteiger partial charge in [0.05, 0.1) is 5.60 Å². The minimum atomic E-state index is -0.569. The van der Waals surface area contributed by atoms with Crippen molar-refractivity contribution in [2.45, 2.75) is 56.6 Å². The van der Waals surface area contributed by atoms with Crippen molar-refractivity contribution in [2.24, 2.45) is 11.7 Å². The number of aliphatic hydroxyl groups is 1. The molecule has 1 aliphatic carbocycles. The molecule has 88 valence electrons. The number of hydrogen-bond acceptors (Lipinski definition) is 3. The Hall–Kier alpha value is 0.270. The van der Waals surface area contributed by atoms with E-state index in [2.05, 4.69) is 6.92 Å². The average Bonchev–Trinajstić information content (AvgIpc) is 2.24. The molecule has 1 aliphatic heterocycles. The van der Waals surface area contributed by atoms with Crippen LogP contribution in [-0.4, -0.2) is 27.8 Å². The highest BCUT2D eigenvalue weighted by Gasteiger charge is 2.48. The second kappa shape index (κ2) is 4.27. The molecule has 2 nitrogen and oxygen atoms in total. The van der Waals surface area contributed by atoms with Gasteiger partial charge in [-0.2, -0.15) is 11.8 Å². The largest absolute Gasteiger partial charge is 0.388 e. The Kier molecular flexibility index (Phi) is 3.34. The highest BCUT2D eigenvalue weighted by molar-refractivity contribution is 7.99. The van der Waals surface area contributed by atoms with Crippen LogP contribution in [0.3, 0.4) is 0 Å². The fraction of sp³-hybridized carbons (Fsp3) is 1.00. The van der Waals surface area contributed by atoms with Gasteiger partial charge in [-0.1, -0.05) is 6.92 Å². The van der Waals surface area contributed by atoms with Crippen LogP contribution in [0.1, 0.15) is 45.4 Å². The number of hydrogen-bond donors (Lipinski definition) is 2. The van der Waals surface area contributed by atoms with Crippen LogP contribution >= 0.6 is 11.8 Å². The topological polar surface area (TPSA) is 46.2 Å². The zero-order chi connectivity index (χ0) is 10.9. The summed E-state index contributed by atoms with van der Waals surface area (Å²) in [6, 6.07) is 0. The molecule has 0 aromatic carbocycles. The van der Waals surface area contributed by atoms with Gasteiger partial charge in [-0.25, -0.2) is 0 Å². The van der Waals surface area contributed by atoms with E-state index in [4.69, 9.17) is 5.73 Å². The summed E-state index contributed by atoms with van der Waals surface area (Å²) in [7, 11) is 0. The molecule has 0 bridgehead atoms. The van der Waals surface area contributed by atoms with Crippen molar-refractivity contribution in [3.8, 4) is 0 Å². The first-order valence-corrected chi connectivity index (χ1v) is 7.30. The van der Waals surface area contributed by atoms with Gasteiger partial charge >= 0.3 is 0 Å². The molecule has 1 heterocycles. The van der Waals surface area contributed by atoms with Crippen LogP contribution in [0.4, 0.5) is 0 Å². The number of thioether (sulfide) groups is 1. The zero-order valence-corrected chi connectivity index (χ0v) is 10.5. The van der Waals surface area contributed by atoms with Gasteiger partial charge in [0, 0.05) is 5.54 Å². The minimum Gasteiger partial charge on any atom is -0.388 e. The monoisotopic (exact) mass is 229 g/mol. The zero-order valence-electron chi connectivity index (χ0n) is 9.67. The highest BCUT2D eigenvalue weighted by atomic mass is 32.2. The maximum atomic E-state index is 10.7. The van der Waals surface area contributed by atoms with E-state index in [0.717, 1.165) is 55.9 Å². The van der Waals surface area contributed by atoms with Crippen molar-refractivity contribution in [1.29, 1.82) is 0 Å². The third kappa shape index (κ3) is 2.20. The van der Waals surface area contributed by atoms with Crippen molar-refractivity contribution in [3.05, 3.63) is 0 Å². The van der Waals surface area contributed by atoms with Crippen molar-refractivity contribution in [3.63, 3.8) is 0 Å². The molecule has 0 unspecified atom stereocenters. The number of nitrogens with two attached hydrogens (primary N) is 1. The molecule has 15 heavy (non-hydrogen) atoms. The molecule has 0 aromatic heterocycles. The summed E-state index contributed by atoms with van der Waals surface area (Å²) in [6.07, 6.45) is 6.08. The van der Waals surface area contributed by atoms with Crippen LogP contribution in [0.2, 0.25) is 0 Å². The Labute approximate surface area is 97.0 Å². The van der Waals surface area contributed by atoms with Crippen LogP contribution in [0.5, 0.6) is 0 Å². The van der Waals surface area contributed by atoms with E-state index in [1.54, 1.807) is 0 Å². The van der Waals surface area contributed by atoms with Gasteiger partial charge in [-0.3, -0.25) is 0 Å². The van der Waals surface area contributed by atoms with Crippen molar-refractivity contribution < 1.29 is 5.11 Å². The lowest BCUT2D eigenvalue weighted by atomic mass is 9.66. The molecule has 1 saturated heterocycles. The van der Waals surface area contributed by atoms with E-state index in [1.165, 1.54) is 0 Å². The van der Waals surface area contributed by atoms with Gasteiger partial charge in [-0.05, 0) is 55.9 Å². The van der Waals surface area contributed by atoms with Gasteiger partial charge in [-0.15, -0.1) is 0 Å². The van der Waals surface area contributed by atoms with Crippen LogP contribution in [0, 0.1) is 5.92 Å². The molecule has 0 atom stereocenters. The van der Waals surface area contributed by atoms with Gasteiger partial charge < -0.3 is 10.8 Å². The molecule has 0 radical (unpaired) electrons. The Morgan fingerprint density at radius 3 is 2.20 bits per heavy atom. The smallest absolute Gasteiger partial charge is 0.0827 e. The molecule has 1 saturated carbocycles. The van der Waals surface area contributed by atoms with E-state index in [1.807, 2.05) is 11.8 Å². The molecule has 2 rings (SSSR count). The third-order valence-corrected chi connectivity index (χ3v) is 5.40. The fourth-order valence-corrected chi connectivity index (χ4v) is 4.16.